The van der Waals surface area contributed by atoms with Crippen LogP contribution in [-0.2, 0) is 6.61 Å². The molecule has 0 N–H and O–H groups in total. The molecule has 3 rings (SSSR count). The van der Waals surface area contributed by atoms with E-state index in [-0.39, 0.29) is 11.1 Å². The van der Waals surface area contributed by atoms with Crippen molar-refractivity contribution in [3.8, 4) is 17.6 Å². The van der Waals surface area contributed by atoms with Crippen molar-refractivity contribution in [1.82, 2.24) is 0 Å². The van der Waals surface area contributed by atoms with Crippen LogP contribution >= 0.6 is 11.6 Å². The number of aryl methyl sites for hydroxylation is 1. The van der Waals surface area contributed by atoms with E-state index >= 15 is 0 Å². The zero-order valence-electron chi connectivity index (χ0n) is 16.8. The van der Waals surface area contributed by atoms with Crippen molar-refractivity contribution in [2.24, 2.45) is 0 Å². The largest absolute Gasteiger partial charge is 0.490 e. The molecule has 0 aromatic heterocycles. The van der Waals surface area contributed by atoms with Crippen molar-refractivity contribution in [2.75, 3.05) is 6.61 Å². The molecule has 3 aromatic carbocycles. The summed E-state index contributed by atoms with van der Waals surface area (Å²) >= 11 is 6.48. The van der Waals surface area contributed by atoms with Gasteiger partial charge >= 0.3 is 0 Å². The predicted octanol–water partition coefficient (Wildman–Crippen LogP) is 6.83. The van der Waals surface area contributed by atoms with Gasteiger partial charge in [-0.2, -0.15) is 5.26 Å². The minimum Gasteiger partial charge on any atom is -0.490 e. The van der Waals surface area contributed by atoms with Gasteiger partial charge < -0.3 is 9.47 Å². The Kier molecular flexibility index (Phi) is 7.11. The molecule has 0 saturated carbocycles. The van der Waals surface area contributed by atoms with E-state index in [4.69, 9.17) is 21.1 Å². The molecule has 0 amide bonds. The van der Waals surface area contributed by atoms with Crippen LogP contribution in [0.1, 0.15) is 29.2 Å². The second-order valence-electron chi connectivity index (χ2n) is 6.69. The summed E-state index contributed by atoms with van der Waals surface area (Å²) < 4.78 is 25.8. The minimum atomic E-state index is -0.459. The minimum absolute atomic E-state index is 0.194. The molecule has 0 radical (unpaired) electrons. The highest BCUT2D eigenvalue weighted by Gasteiger charge is 2.14. The van der Waals surface area contributed by atoms with Crippen LogP contribution < -0.4 is 9.47 Å². The fraction of sp³-hybridized carbons (Fsp3) is 0.160. The highest BCUT2D eigenvalue weighted by atomic mass is 35.5. The first-order valence-corrected chi connectivity index (χ1v) is 9.91. The summed E-state index contributed by atoms with van der Waals surface area (Å²) in [4.78, 5) is 0. The molecule has 0 bridgehead atoms. The lowest BCUT2D eigenvalue weighted by molar-refractivity contribution is 0.269. The topological polar surface area (TPSA) is 42.2 Å². The molecule has 0 atom stereocenters. The van der Waals surface area contributed by atoms with Crippen molar-refractivity contribution < 1.29 is 13.9 Å². The molecule has 0 heterocycles. The molecule has 0 aliphatic rings. The van der Waals surface area contributed by atoms with Gasteiger partial charge in [0.05, 0.1) is 23.3 Å². The third-order valence-corrected chi connectivity index (χ3v) is 4.67. The third-order valence-electron chi connectivity index (χ3n) is 4.39. The Bertz CT molecular complexity index is 1120. The Morgan fingerprint density at radius 2 is 1.90 bits per heavy atom. The first-order chi connectivity index (χ1) is 14.5. The number of benzene rings is 3. The number of hydrogen-bond donors (Lipinski definition) is 0. The average Bonchev–Trinajstić information content (AvgIpc) is 2.72. The Morgan fingerprint density at radius 3 is 2.60 bits per heavy atom. The number of nitriles is 1. The van der Waals surface area contributed by atoms with Crippen molar-refractivity contribution in [3.05, 3.63) is 93.8 Å². The predicted molar refractivity (Wildman–Crippen MR) is 118 cm³/mol. The molecule has 30 heavy (non-hydrogen) atoms. The van der Waals surface area contributed by atoms with Gasteiger partial charge in [0.25, 0.3) is 0 Å². The Hall–Kier alpha value is -3.29. The number of rotatable bonds is 7. The lowest BCUT2D eigenvalue weighted by Crippen LogP contribution is -2.01. The van der Waals surface area contributed by atoms with Crippen molar-refractivity contribution in [3.63, 3.8) is 0 Å². The van der Waals surface area contributed by atoms with Gasteiger partial charge in [-0.15, -0.1) is 0 Å². The van der Waals surface area contributed by atoms with E-state index in [1.54, 1.807) is 36.4 Å². The summed E-state index contributed by atoms with van der Waals surface area (Å²) in [5, 5.41) is 9.87. The van der Waals surface area contributed by atoms with Crippen LogP contribution in [0.3, 0.4) is 0 Å². The smallest absolute Gasteiger partial charge is 0.180 e. The SMILES string of the molecule is CCOc1cc(C=C(C#N)c2ccccc2F)cc(Cl)c1OCc1cccc(C)c1. The summed E-state index contributed by atoms with van der Waals surface area (Å²) in [6.07, 6.45) is 1.58. The van der Waals surface area contributed by atoms with Crippen molar-refractivity contribution >= 4 is 23.3 Å². The lowest BCUT2D eigenvalue weighted by Gasteiger charge is -2.15. The molecule has 152 valence electrons. The maximum Gasteiger partial charge on any atom is 0.180 e. The normalized spacial score (nSPS) is 11.1. The van der Waals surface area contributed by atoms with Crippen LogP contribution in [0, 0.1) is 24.1 Å². The first kappa shape index (κ1) is 21.4. The summed E-state index contributed by atoms with van der Waals surface area (Å²) in [6, 6.07) is 19.6. The standard InChI is InChI=1S/C25H21ClFNO2/c1-3-29-24-14-19(12-20(15-28)21-9-4-5-10-23(21)27)13-22(26)25(24)30-16-18-8-6-7-17(2)11-18/h4-14H,3,16H2,1-2H3. The third kappa shape index (κ3) is 5.20. The molecular weight excluding hydrogens is 401 g/mol. The Labute approximate surface area is 180 Å². The number of allylic oxidation sites excluding steroid dienone is 1. The van der Waals surface area contributed by atoms with Crippen LogP contribution in [0.25, 0.3) is 11.6 Å². The zero-order valence-corrected chi connectivity index (χ0v) is 17.5. The summed E-state index contributed by atoms with van der Waals surface area (Å²) in [5.74, 6) is 0.441. The van der Waals surface area contributed by atoms with Crippen LogP contribution in [0.2, 0.25) is 5.02 Å². The van der Waals surface area contributed by atoms with E-state index in [1.165, 1.54) is 6.07 Å². The van der Waals surface area contributed by atoms with E-state index in [0.717, 1.165) is 11.1 Å². The molecule has 0 unspecified atom stereocenters. The summed E-state index contributed by atoms with van der Waals surface area (Å²) in [5.41, 5.74) is 3.20. The zero-order chi connectivity index (χ0) is 21.5. The van der Waals surface area contributed by atoms with Gasteiger partial charge in [-0.25, -0.2) is 4.39 Å². The molecule has 0 aliphatic carbocycles. The van der Waals surface area contributed by atoms with Crippen LogP contribution in [0.5, 0.6) is 11.5 Å². The second kappa shape index (κ2) is 9.96. The lowest BCUT2D eigenvalue weighted by atomic mass is 10.0. The van der Waals surface area contributed by atoms with E-state index in [1.807, 2.05) is 38.1 Å². The molecule has 0 saturated heterocycles. The van der Waals surface area contributed by atoms with Crippen LogP contribution in [0.4, 0.5) is 4.39 Å². The Morgan fingerprint density at radius 1 is 1.10 bits per heavy atom. The molecule has 0 fully saturated rings. The first-order valence-electron chi connectivity index (χ1n) is 9.53. The molecule has 0 spiro atoms. The number of nitrogens with zero attached hydrogens (tertiary/aromatic N) is 1. The van der Waals surface area contributed by atoms with Crippen molar-refractivity contribution in [2.45, 2.75) is 20.5 Å². The number of hydrogen-bond acceptors (Lipinski definition) is 3. The summed E-state index contributed by atoms with van der Waals surface area (Å²) in [6.45, 7) is 4.64. The van der Waals surface area contributed by atoms with Gasteiger partial charge in [0.1, 0.15) is 12.4 Å². The fourth-order valence-electron chi connectivity index (χ4n) is 3.05. The van der Waals surface area contributed by atoms with E-state index in [2.05, 4.69) is 6.07 Å². The van der Waals surface area contributed by atoms with Crippen LogP contribution in [0.15, 0.2) is 60.7 Å². The number of halogens is 2. The molecular formula is C25H21ClFNO2. The second-order valence-corrected chi connectivity index (χ2v) is 7.10. The van der Waals surface area contributed by atoms with Gasteiger partial charge in [0, 0.05) is 5.56 Å². The van der Waals surface area contributed by atoms with E-state index in [9.17, 15) is 9.65 Å². The maximum atomic E-state index is 14.1. The quantitative estimate of drug-likeness (QED) is 0.310. The molecule has 5 heteroatoms. The summed E-state index contributed by atoms with van der Waals surface area (Å²) in [7, 11) is 0. The van der Waals surface area contributed by atoms with E-state index in [0.29, 0.717) is 35.3 Å². The van der Waals surface area contributed by atoms with Gasteiger partial charge in [0.15, 0.2) is 11.5 Å². The van der Waals surface area contributed by atoms with Crippen molar-refractivity contribution in [1.29, 1.82) is 5.26 Å². The van der Waals surface area contributed by atoms with Gasteiger partial charge in [-0.1, -0.05) is 59.6 Å². The van der Waals surface area contributed by atoms with E-state index < -0.39 is 5.82 Å². The monoisotopic (exact) mass is 421 g/mol. The molecule has 3 nitrogen and oxygen atoms in total. The molecule has 0 aliphatic heterocycles. The Balaban J connectivity index is 1.94. The van der Waals surface area contributed by atoms with Crippen LogP contribution in [-0.4, -0.2) is 6.61 Å². The average molecular weight is 422 g/mol. The van der Waals surface area contributed by atoms with Gasteiger partial charge in [-0.3, -0.25) is 0 Å². The van der Waals surface area contributed by atoms with Gasteiger partial charge in [0.2, 0.25) is 0 Å². The molecule has 3 aromatic rings. The number of ether oxygens (including phenoxy) is 2. The van der Waals surface area contributed by atoms with Gasteiger partial charge in [-0.05, 0) is 49.2 Å². The fourth-order valence-corrected chi connectivity index (χ4v) is 3.32. The highest BCUT2D eigenvalue weighted by molar-refractivity contribution is 6.32. The highest BCUT2D eigenvalue weighted by Crippen LogP contribution is 2.38. The maximum absolute atomic E-state index is 14.1.